The molecule has 7 nitrogen and oxygen atoms in total. The van der Waals surface area contributed by atoms with E-state index in [1.54, 1.807) is 17.7 Å². The number of rotatable bonds is 4. The third-order valence-corrected chi connectivity index (χ3v) is 9.31. The Morgan fingerprint density at radius 3 is 2.74 bits per heavy atom. The van der Waals surface area contributed by atoms with Crippen molar-refractivity contribution in [2.24, 2.45) is 5.41 Å². The minimum atomic E-state index is 0.204. The highest BCUT2D eigenvalue weighted by atomic mass is 32.1. The van der Waals surface area contributed by atoms with Crippen LogP contribution < -0.4 is 0 Å². The van der Waals surface area contributed by atoms with Crippen LogP contribution in [0.4, 0.5) is 0 Å². The summed E-state index contributed by atoms with van der Waals surface area (Å²) in [5.74, 6) is 0.204. The lowest BCUT2D eigenvalue weighted by atomic mass is 9.70. The number of carbonyl (C=O) groups excluding carboxylic acids is 1. The number of fused-ring (bicyclic) bond motifs is 1. The number of hydrogen-bond acceptors (Lipinski definition) is 6. The molecule has 5 heterocycles. The summed E-state index contributed by atoms with van der Waals surface area (Å²) in [6.45, 7) is 12.5. The quantitative estimate of drug-likeness (QED) is 0.476. The van der Waals surface area contributed by atoms with Crippen molar-refractivity contribution in [3.63, 3.8) is 0 Å². The van der Waals surface area contributed by atoms with Crippen LogP contribution in [0.15, 0.2) is 55.2 Å². The fraction of sp³-hybridized carbons (Fsp3) is 0.467. The first-order valence-electron chi connectivity index (χ1n) is 13.7. The lowest BCUT2D eigenvalue weighted by Gasteiger charge is -2.56. The molecule has 2 fully saturated rings. The number of aromatic nitrogens is 4. The van der Waals surface area contributed by atoms with Crippen LogP contribution in [0.1, 0.15) is 54.1 Å². The summed E-state index contributed by atoms with van der Waals surface area (Å²) in [6, 6.07) is 2.43. The molecule has 198 valence electrons. The van der Waals surface area contributed by atoms with E-state index in [1.165, 1.54) is 10.5 Å². The van der Waals surface area contributed by atoms with Crippen LogP contribution in [0.5, 0.6) is 0 Å². The van der Waals surface area contributed by atoms with E-state index in [1.807, 2.05) is 23.6 Å². The molecule has 0 radical (unpaired) electrons. The van der Waals surface area contributed by atoms with E-state index >= 15 is 0 Å². The third-order valence-electron chi connectivity index (χ3n) is 8.40. The Labute approximate surface area is 228 Å². The topological polar surface area (TPSA) is 66.6 Å². The second-order valence-electron chi connectivity index (χ2n) is 11.3. The molecule has 0 N–H and O–H groups in total. The summed E-state index contributed by atoms with van der Waals surface area (Å²) >= 11 is 1.66. The first-order valence-corrected chi connectivity index (χ1v) is 14.5. The standard InChI is InChI=1S/C30H36N6OS/c1-21-8-9-24(26-14-22(2)31-20-32-26)6-4-5-7-27(21)36-18-30(19-36)10-12-34(13-11-30)28(37)15-25-17-35-16-23(3)38-29(35)33-25/h6,8-9,14,16-17,20,27H,1,4-5,7,10-13,15,18-19H2,2-3H3/b9-8-,24-6+/t27-/m1/s1. The molecule has 38 heavy (non-hydrogen) atoms. The van der Waals surface area contributed by atoms with Crippen molar-refractivity contribution in [1.82, 2.24) is 29.2 Å². The van der Waals surface area contributed by atoms with Gasteiger partial charge in [0.25, 0.3) is 0 Å². The second-order valence-corrected chi connectivity index (χ2v) is 12.5. The van der Waals surface area contributed by atoms with Crippen molar-refractivity contribution >= 4 is 27.8 Å². The number of hydrogen-bond donors (Lipinski definition) is 0. The summed E-state index contributed by atoms with van der Waals surface area (Å²) in [7, 11) is 0. The van der Waals surface area contributed by atoms with Gasteiger partial charge in [-0.3, -0.25) is 14.1 Å². The van der Waals surface area contributed by atoms with Crippen molar-refractivity contribution in [3.05, 3.63) is 77.1 Å². The Balaban J connectivity index is 1.02. The number of aryl methyl sites for hydroxylation is 2. The number of nitrogens with zero attached hydrogens (tertiary/aromatic N) is 6. The van der Waals surface area contributed by atoms with Gasteiger partial charge in [-0.1, -0.05) is 24.8 Å². The maximum Gasteiger partial charge on any atom is 0.228 e. The van der Waals surface area contributed by atoms with Crippen molar-refractivity contribution < 1.29 is 4.79 Å². The second kappa shape index (κ2) is 10.2. The number of imidazole rings is 1. The highest BCUT2D eigenvalue weighted by Gasteiger charge is 2.47. The number of piperidine rings is 1. The third kappa shape index (κ3) is 5.12. The van der Waals surface area contributed by atoms with Crippen molar-refractivity contribution in [2.75, 3.05) is 26.2 Å². The van der Waals surface area contributed by atoms with Crippen molar-refractivity contribution in [2.45, 2.75) is 58.4 Å². The largest absolute Gasteiger partial charge is 0.342 e. The number of thiazole rings is 1. The zero-order chi connectivity index (χ0) is 26.3. The van der Waals surface area contributed by atoms with Crippen molar-refractivity contribution in [1.29, 1.82) is 0 Å². The highest BCUT2D eigenvalue weighted by Crippen LogP contribution is 2.43. The molecule has 2 aliphatic heterocycles. The predicted molar refractivity (Wildman–Crippen MR) is 152 cm³/mol. The van der Waals surface area contributed by atoms with Crippen LogP contribution in [-0.4, -0.2) is 67.3 Å². The first-order chi connectivity index (χ1) is 18.4. The fourth-order valence-electron chi connectivity index (χ4n) is 6.24. The molecular weight excluding hydrogens is 492 g/mol. The van der Waals surface area contributed by atoms with E-state index in [2.05, 4.69) is 62.7 Å². The SMILES string of the molecule is C=C1/C=C\C(c2cc(C)ncn2)=C/CCC[C@H]1N1CC2(CCN(C(=O)Cc3cn4cc(C)sc4n3)CC2)C1. The van der Waals surface area contributed by atoms with Gasteiger partial charge in [0.2, 0.25) is 5.91 Å². The van der Waals surface area contributed by atoms with Crippen LogP contribution >= 0.6 is 11.3 Å². The summed E-state index contributed by atoms with van der Waals surface area (Å²) < 4.78 is 2.03. The summed E-state index contributed by atoms with van der Waals surface area (Å²) in [5.41, 5.74) is 5.51. The van der Waals surface area contributed by atoms with E-state index in [4.69, 9.17) is 0 Å². The van der Waals surface area contributed by atoms with Gasteiger partial charge in [-0.2, -0.15) is 0 Å². The number of likely N-dealkylation sites (tertiary alicyclic amines) is 2. The van der Waals surface area contributed by atoms with Gasteiger partial charge in [0.05, 0.1) is 17.8 Å². The number of allylic oxidation sites excluding steroid dienone is 3. The van der Waals surface area contributed by atoms with Gasteiger partial charge in [-0.15, -0.1) is 11.3 Å². The molecule has 3 aliphatic rings. The summed E-state index contributed by atoms with van der Waals surface area (Å²) in [6.07, 6.45) is 18.2. The molecule has 0 aromatic carbocycles. The number of carbonyl (C=O) groups is 1. The Kier molecular flexibility index (Phi) is 6.78. The highest BCUT2D eigenvalue weighted by molar-refractivity contribution is 7.16. The van der Waals surface area contributed by atoms with E-state index in [0.717, 1.165) is 85.9 Å². The monoisotopic (exact) mass is 528 g/mol. The van der Waals surface area contributed by atoms with E-state index < -0.39 is 0 Å². The first kappa shape index (κ1) is 25.2. The molecule has 2 saturated heterocycles. The van der Waals surface area contributed by atoms with Crippen LogP contribution in [0, 0.1) is 19.3 Å². The van der Waals surface area contributed by atoms with Crippen LogP contribution in [0.2, 0.25) is 0 Å². The van der Waals surface area contributed by atoms with Crippen molar-refractivity contribution in [3.8, 4) is 0 Å². The minimum Gasteiger partial charge on any atom is -0.342 e. The molecule has 8 heteroatoms. The normalized spacial score (nSPS) is 24.4. The molecule has 6 rings (SSSR count). The Morgan fingerprint density at radius 2 is 1.97 bits per heavy atom. The van der Waals surface area contributed by atoms with Gasteiger partial charge in [0.15, 0.2) is 4.96 Å². The molecule has 3 aromatic rings. The Hall–Kier alpha value is -3.10. The van der Waals surface area contributed by atoms with Crippen LogP contribution in [0.3, 0.4) is 0 Å². The minimum absolute atomic E-state index is 0.204. The average Bonchev–Trinajstić information content (AvgIpc) is 3.42. The van der Waals surface area contributed by atoms with Gasteiger partial charge in [0.1, 0.15) is 6.33 Å². The Morgan fingerprint density at radius 1 is 1.16 bits per heavy atom. The lowest BCUT2D eigenvalue weighted by Crippen LogP contribution is -2.63. The maximum atomic E-state index is 13.0. The van der Waals surface area contributed by atoms with Gasteiger partial charge in [0, 0.05) is 55.2 Å². The molecule has 0 bridgehead atoms. The van der Waals surface area contributed by atoms with E-state index in [0.29, 0.717) is 17.9 Å². The summed E-state index contributed by atoms with van der Waals surface area (Å²) in [5, 5.41) is 0. The van der Waals surface area contributed by atoms with E-state index in [9.17, 15) is 4.79 Å². The van der Waals surface area contributed by atoms with Crippen LogP contribution in [0.25, 0.3) is 10.5 Å². The average molecular weight is 529 g/mol. The van der Waals surface area contributed by atoms with Gasteiger partial charge >= 0.3 is 0 Å². The lowest BCUT2D eigenvalue weighted by molar-refractivity contribution is -0.136. The smallest absolute Gasteiger partial charge is 0.228 e. The molecule has 1 aliphatic carbocycles. The molecule has 0 saturated carbocycles. The van der Waals surface area contributed by atoms with E-state index in [-0.39, 0.29) is 5.91 Å². The molecule has 1 amide bonds. The number of amides is 1. The van der Waals surface area contributed by atoms with Crippen LogP contribution in [-0.2, 0) is 11.2 Å². The predicted octanol–water partition coefficient (Wildman–Crippen LogP) is 5.02. The zero-order valence-corrected chi connectivity index (χ0v) is 23.2. The van der Waals surface area contributed by atoms with Gasteiger partial charge in [-0.25, -0.2) is 15.0 Å². The molecule has 0 unspecified atom stereocenters. The molecule has 1 spiro atoms. The maximum absolute atomic E-state index is 13.0. The zero-order valence-electron chi connectivity index (χ0n) is 22.4. The fourth-order valence-corrected chi connectivity index (χ4v) is 7.07. The molecular formula is C30H36N6OS. The molecule has 3 aromatic heterocycles. The molecule has 1 atom stereocenters. The van der Waals surface area contributed by atoms with Gasteiger partial charge in [-0.05, 0) is 68.6 Å². The Bertz CT molecular complexity index is 1380. The summed E-state index contributed by atoms with van der Waals surface area (Å²) in [4.78, 5) is 33.2. The van der Waals surface area contributed by atoms with Gasteiger partial charge < -0.3 is 4.90 Å².